The van der Waals surface area contributed by atoms with E-state index >= 15 is 0 Å². The van der Waals surface area contributed by atoms with Gasteiger partial charge in [-0.15, -0.1) is 0 Å². The first kappa shape index (κ1) is 33.1. The van der Waals surface area contributed by atoms with Crippen LogP contribution in [0.4, 0.5) is 0 Å². The van der Waals surface area contributed by atoms with E-state index < -0.39 is 0 Å². The zero-order valence-corrected chi connectivity index (χ0v) is 30.8. The number of benzene rings is 1. The molecule has 8 heterocycles. The van der Waals surface area contributed by atoms with E-state index in [0.717, 1.165) is 108 Å². The maximum atomic E-state index is 5.54. The quantitative estimate of drug-likeness (QED) is 0.170. The Morgan fingerprint density at radius 1 is 0.611 bits per heavy atom. The minimum Gasteiger partial charge on any atom is -0.497 e. The van der Waals surface area contributed by atoms with Crippen LogP contribution in [0.5, 0.6) is 5.75 Å². The Labute approximate surface area is 314 Å². The van der Waals surface area contributed by atoms with Crippen LogP contribution < -0.4 is 13.9 Å². The summed E-state index contributed by atoms with van der Waals surface area (Å²) in [5.41, 5.74) is 15.9. The van der Waals surface area contributed by atoms with Crippen LogP contribution in [0.3, 0.4) is 0 Å². The molecule has 6 aromatic rings. The number of aromatic amines is 2. The summed E-state index contributed by atoms with van der Waals surface area (Å²) in [6.07, 6.45) is 23.6. The predicted octanol–water partition coefficient (Wildman–Crippen LogP) is 8.64. The van der Waals surface area contributed by atoms with Crippen molar-refractivity contribution in [3.63, 3.8) is 0 Å². The second kappa shape index (κ2) is 13.6. The van der Waals surface area contributed by atoms with Crippen molar-refractivity contribution < 1.29 is 13.9 Å². The van der Waals surface area contributed by atoms with Gasteiger partial charge in [0.2, 0.25) is 0 Å². The van der Waals surface area contributed by atoms with Gasteiger partial charge in [0.25, 0.3) is 0 Å². The van der Waals surface area contributed by atoms with Crippen LogP contribution in [0, 0.1) is 0 Å². The molecule has 1 aromatic carbocycles. The van der Waals surface area contributed by atoms with E-state index in [9.17, 15) is 0 Å². The molecule has 8 bridgehead atoms. The number of hydrogen-bond acceptors (Lipinski definition) is 4. The number of H-pyrrole nitrogens is 2. The van der Waals surface area contributed by atoms with Crippen LogP contribution in [0.25, 0.3) is 85.3 Å². The number of fused-ring (bicyclic) bond motifs is 8. The summed E-state index contributed by atoms with van der Waals surface area (Å²) < 4.78 is 9.76. The number of likely N-dealkylation sites (N-methyl/N-ethyl adjacent to an activating group) is 1. The predicted molar refractivity (Wildman–Crippen MR) is 219 cm³/mol. The number of nitrogens with one attached hydrogen (secondary N) is 2. The fraction of sp³-hybridized carbons (Fsp3) is 0.130. The number of rotatable bonds is 6. The molecule has 0 saturated heterocycles. The molecular weight excluding hydrogens is 667 g/mol. The van der Waals surface area contributed by atoms with Crippen molar-refractivity contribution in [2.75, 3.05) is 20.7 Å². The van der Waals surface area contributed by atoms with Crippen molar-refractivity contribution in [2.24, 2.45) is 7.05 Å². The van der Waals surface area contributed by atoms with E-state index in [1.54, 1.807) is 7.11 Å². The Hall–Kier alpha value is -6.80. The highest BCUT2D eigenvalue weighted by Crippen LogP contribution is 2.38. The number of hydrogen-bond donors (Lipinski definition) is 2. The van der Waals surface area contributed by atoms with E-state index in [-0.39, 0.29) is 0 Å². The molecule has 264 valence electrons. The molecule has 5 aromatic heterocycles. The van der Waals surface area contributed by atoms with Crippen LogP contribution in [-0.2, 0) is 13.6 Å². The molecule has 0 atom stereocenters. The summed E-state index contributed by atoms with van der Waals surface area (Å²) in [4.78, 5) is 20.7. The lowest BCUT2D eigenvalue weighted by Crippen LogP contribution is -2.30. The Morgan fingerprint density at radius 2 is 1.07 bits per heavy atom. The number of allylic oxidation sites excluding steroid dienone is 2. The number of pyridine rings is 2. The van der Waals surface area contributed by atoms with Gasteiger partial charge in [-0.25, -0.2) is 19.1 Å². The van der Waals surface area contributed by atoms with Gasteiger partial charge in [-0.05, 0) is 102 Å². The third-order valence-corrected chi connectivity index (χ3v) is 10.3. The Balaban J connectivity index is 1.44. The SMILES string of the molecule is CC[n+]1ccc(-c2c3nc(c(-c4ccc(OC)cc4)c4ccc([nH]4)c(-c4cc[n+](C)cc4)c4nc(c(C5=CCN(C)C=C5)c5ccc2[nH]5)C=C4)C=C3)cc1. The first-order valence-corrected chi connectivity index (χ1v) is 18.3. The van der Waals surface area contributed by atoms with Crippen LogP contribution in [0.15, 0.2) is 116 Å². The van der Waals surface area contributed by atoms with Crippen molar-refractivity contribution >= 4 is 51.9 Å². The second-order valence-electron chi connectivity index (χ2n) is 13.8. The average molecular weight is 708 g/mol. The number of nitrogens with zero attached hydrogens (tertiary/aromatic N) is 5. The van der Waals surface area contributed by atoms with Crippen molar-refractivity contribution in [1.29, 1.82) is 0 Å². The topological polar surface area (TPSA) is 77.6 Å². The second-order valence-corrected chi connectivity index (χ2v) is 13.8. The summed E-state index contributed by atoms with van der Waals surface area (Å²) in [5, 5.41) is 0. The third-order valence-electron chi connectivity index (χ3n) is 10.3. The zero-order chi connectivity index (χ0) is 36.8. The molecule has 8 nitrogen and oxygen atoms in total. The molecule has 9 rings (SSSR count). The maximum Gasteiger partial charge on any atom is 0.169 e. The summed E-state index contributed by atoms with van der Waals surface area (Å²) in [6, 6.07) is 25.5. The van der Waals surface area contributed by atoms with Gasteiger partial charge in [0.1, 0.15) is 19.3 Å². The lowest BCUT2D eigenvalue weighted by Gasteiger charge is -2.17. The van der Waals surface area contributed by atoms with Crippen molar-refractivity contribution in [3.05, 3.63) is 144 Å². The molecule has 3 aliphatic heterocycles. The normalized spacial score (nSPS) is 13.4. The molecule has 0 amide bonds. The van der Waals surface area contributed by atoms with Gasteiger partial charge in [-0.1, -0.05) is 18.2 Å². The molecule has 0 spiro atoms. The lowest BCUT2D eigenvalue weighted by molar-refractivity contribution is -0.693. The van der Waals surface area contributed by atoms with E-state index in [2.05, 4.69) is 162 Å². The molecule has 0 unspecified atom stereocenters. The first-order valence-electron chi connectivity index (χ1n) is 18.3. The van der Waals surface area contributed by atoms with Gasteiger partial charge in [-0.3, -0.25) is 0 Å². The van der Waals surface area contributed by atoms with E-state index in [1.165, 1.54) is 0 Å². The maximum absolute atomic E-state index is 5.54. The van der Waals surface area contributed by atoms with Gasteiger partial charge >= 0.3 is 0 Å². The highest BCUT2D eigenvalue weighted by atomic mass is 16.5. The van der Waals surface area contributed by atoms with Crippen molar-refractivity contribution in [1.82, 2.24) is 24.8 Å². The van der Waals surface area contributed by atoms with Crippen LogP contribution in [0.2, 0.25) is 0 Å². The molecule has 0 radical (unpaired) electrons. The van der Waals surface area contributed by atoms with Gasteiger partial charge < -0.3 is 19.6 Å². The largest absolute Gasteiger partial charge is 0.497 e. The number of aryl methyl sites for hydroxylation is 2. The summed E-state index contributed by atoms with van der Waals surface area (Å²) >= 11 is 0. The highest BCUT2D eigenvalue weighted by Gasteiger charge is 2.20. The van der Waals surface area contributed by atoms with Gasteiger partial charge in [0.15, 0.2) is 24.8 Å². The molecule has 2 N–H and O–H groups in total. The van der Waals surface area contributed by atoms with E-state index in [4.69, 9.17) is 14.7 Å². The fourth-order valence-electron chi connectivity index (χ4n) is 7.44. The molecule has 0 saturated carbocycles. The van der Waals surface area contributed by atoms with E-state index in [0.29, 0.717) is 0 Å². The lowest BCUT2D eigenvalue weighted by atomic mass is 10.0. The molecule has 0 aliphatic carbocycles. The van der Waals surface area contributed by atoms with Crippen LogP contribution >= 0.6 is 0 Å². The standard InChI is InChI=1S/C46H40N7O/c1-5-53-28-22-33(23-29-53)46-41-13-11-36(48-41)43(30-6-8-34(54-4)9-7-30)35-10-12-37(47-35)44(31-18-24-51(2)25-19-31)38-14-15-39(49-38)45(40-16-17-42(46)50-40)32-20-26-52(3)27-21-32/h6-26,28-29H,5,27H2,1-4H3,(H,47,48,49,50)/q+1/p+1. The minimum absolute atomic E-state index is 0.802. The molecule has 8 heteroatoms. The molecule has 54 heavy (non-hydrogen) atoms. The zero-order valence-electron chi connectivity index (χ0n) is 30.8. The van der Waals surface area contributed by atoms with Crippen LogP contribution in [0.1, 0.15) is 35.3 Å². The molecule has 3 aliphatic rings. The first-order chi connectivity index (χ1) is 26.4. The fourth-order valence-corrected chi connectivity index (χ4v) is 7.44. The summed E-state index contributed by atoms with van der Waals surface area (Å²) in [5.74, 6) is 0.802. The smallest absolute Gasteiger partial charge is 0.169 e. The molecule has 0 fully saturated rings. The van der Waals surface area contributed by atoms with Gasteiger partial charge in [0.05, 0.1) is 29.9 Å². The molecular formula is C46H41N7O+2. The number of aromatic nitrogens is 6. The van der Waals surface area contributed by atoms with E-state index in [1.807, 2.05) is 23.7 Å². The minimum atomic E-state index is 0.802. The summed E-state index contributed by atoms with van der Waals surface area (Å²) in [7, 11) is 5.82. The van der Waals surface area contributed by atoms with Crippen molar-refractivity contribution in [2.45, 2.75) is 13.5 Å². The Kier molecular flexibility index (Phi) is 8.35. The Morgan fingerprint density at radius 3 is 1.54 bits per heavy atom. The monoisotopic (exact) mass is 707 g/mol. The van der Waals surface area contributed by atoms with Crippen molar-refractivity contribution in [3.8, 4) is 39.1 Å². The number of ether oxygens (including phenoxy) is 1. The summed E-state index contributed by atoms with van der Waals surface area (Å²) in [6.45, 7) is 3.86. The average Bonchev–Trinajstić information content (AvgIpc) is 4.05. The number of methoxy groups -OCH3 is 1. The van der Waals surface area contributed by atoms with Crippen LogP contribution in [-0.4, -0.2) is 45.5 Å². The highest BCUT2D eigenvalue weighted by molar-refractivity contribution is 5.99. The van der Waals surface area contributed by atoms with Gasteiger partial charge in [0, 0.05) is 82.2 Å². The van der Waals surface area contributed by atoms with Gasteiger partial charge in [-0.2, -0.15) is 0 Å². The third kappa shape index (κ3) is 6.01. The Bertz CT molecular complexity index is 2710.